The molecule has 0 radical (unpaired) electrons. The molecule has 0 aliphatic heterocycles. The Kier molecular flexibility index (Phi) is 8.31. The Morgan fingerprint density at radius 2 is 2.04 bits per heavy atom. The molecule has 1 atom stereocenters. The third-order valence-corrected chi connectivity index (χ3v) is 2.97. The van der Waals surface area contributed by atoms with Crippen molar-refractivity contribution in [3.05, 3.63) is 35.9 Å². The highest BCUT2D eigenvalue weighted by molar-refractivity contribution is 5.82. The Hall–Kier alpha value is -2.47. The molecule has 0 spiro atoms. The maximum atomic E-state index is 11.1. The van der Waals surface area contributed by atoms with E-state index in [2.05, 4.69) is 10.3 Å². The fraction of sp³-hybridized carbons (Fsp3) is 0.353. The maximum absolute atomic E-state index is 11.1. The zero-order valence-electron chi connectivity index (χ0n) is 13.4. The van der Waals surface area contributed by atoms with Crippen LogP contribution in [0.2, 0.25) is 0 Å². The molecule has 1 aromatic carbocycles. The minimum Gasteiger partial charge on any atom is -0.480 e. The number of ether oxygens (including phenoxy) is 1. The number of nitrogens with one attached hydrogen (secondary N) is 1. The second kappa shape index (κ2) is 10.3. The first-order valence-corrected chi connectivity index (χ1v) is 7.38. The number of nitrogens with zero attached hydrogens (tertiary/aromatic N) is 1. The van der Waals surface area contributed by atoms with Crippen LogP contribution in [-0.4, -0.2) is 42.9 Å². The number of carboxylic acid groups (broad SMARTS) is 1. The van der Waals surface area contributed by atoms with Gasteiger partial charge in [-0.1, -0.05) is 18.2 Å². The quantitative estimate of drug-likeness (QED) is 0.315. The van der Waals surface area contributed by atoms with E-state index in [1.165, 1.54) is 13.1 Å². The van der Waals surface area contributed by atoms with Gasteiger partial charge in [0.25, 0.3) is 0 Å². The number of carbonyl (C=O) groups excluding carboxylic acids is 1. The lowest BCUT2D eigenvalue weighted by molar-refractivity contribution is -0.138. The predicted octanol–water partition coefficient (Wildman–Crippen LogP) is 2.15. The highest BCUT2D eigenvalue weighted by atomic mass is 16.5. The van der Waals surface area contributed by atoms with E-state index in [0.717, 1.165) is 18.5 Å². The molecule has 6 heteroatoms. The summed E-state index contributed by atoms with van der Waals surface area (Å²) in [6, 6.07) is 6.25. The maximum Gasteiger partial charge on any atom is 0.328 e. The first kappa shape index (κ1) is 18.6. The van der Waals surface area contributed by atoms with Crippen molar-refractivity contribution in [3.63, 3.8) is 0 Å². The van der Waals surface area contributed by atoms with Crippen LogP contribution in [0, 0.1) is 0 Å². The van der Waals surface area contributed by atoms with Gasteiger partial charge in [-0.25, -0.2) is 4.79 Å². The third-order valence-electron chi connectivity index (χ3n) is 2.97. The van der Waals surface area contributed by atoms with Gasteiger partial charge in [0, 0.05) is 13.1 Å². The van der Waals surface area contributed by atoms with Crippen molar-refractivity contribution in [1.82, 2.24) is 5.32 Å². The molecule has 1 aromatic rings. The van der Waals surface area contributed by atoms with Crippen molar-refractivity contribution in [2.45, 2.75) is 25.8 Å². The number of benzene rings is 1. The van der Waals surface area contributed by atoms with Crippen LogP contribution >= 0.6 is 0 Å². The lowest BCUT2D eigenvalue weighted by atomic mass is 10.1. The van der Waals surface area contributed by atoms with Gasteiger partial charge in [0.2, 0.25) is 0 Å². The lowest BCUT2D eigenvalue weighted by Gasteiger charge is -2.06. The first-order valence-electron chi connectivity index (χ1n) is 7.38. The molecule has 0 bridgehead atoms. The molecular weight excluding hydrogens is 296 g/mol. The molecule has 124 valence electrons. The van der Waals surface area contributed by atoms with Gasteiger partial charge in [-0.05, 0) is 50.2 Å². The van der Waals surface area contributed by atoms with E-state index in [0.29, 0.717) is 12.2 Å². The number of hydrogen-bond donors (Lipinski definition) is 2. The minimum atomic E-state index is -0.920. The molecule has 0 saturated carbocycles. The second-order valence-corrected chi connectivity index (χ2v) is 4.92. The number of rotatable bonds is 9. The van der Waals surface area contributed by atoms with Gasteiger partial charge in [-0.2, -0.15) is 0 Å². The van der Waals surface area contributed by atoms with Gasteiger partial charge in [0.15, 0.2) is 0 Å². The van der Waals surface area contributed by atoms with E-state index in [-0.39, 0.29) is 5.97 Å². The van der Waals surface area contributed by atoms with E-state index in [1.54, 1.807) is 36.4 Å². The van der Waals surface area contributed by atoms with Crippen LogP contribution in [0.4, 0.5) is 0 Å². The number of aliphatic carboxylic acids is 1. The summed E-state index contributed by atoms with van der Waals surface area (Å²) in [6.45, 7) is 2.11. The van der Waals surface area contributed by atoms with Crippen LogP contribution in [0.15, 0.2) is 35.3 Å². The second-order valence-electron chi connectivity index (χ2n) is 4.92. The zero-order valence-corrected chi connectivity index (χ0v) is 13.4. The van der Waals surface area contributed by atoms with Crippen LogP contribution in [0.3, 0.4) is 0 Å². The Labute approximate surface area is 135 Å². The largest absolute Gasteiger partial charge is 0.480 e. The fourth-order valence-electron chi connectivity index (χ4n) is 1.85. The van der Waals surface area contributed by atoms with E-state index in [4.69, 9.17) is 9.84 Å². The summed E-state index contributed by atoms with van der Waals surface area (Å²) in [4.78, 5) is 26.0. The molecule has 0 heterocycles. The molecule has 0 aromatic heterocycles. The summed E-state index contributed by atoms with van der Waals surface area (Å²) in [5.74, 6) is -0.798. The van der Waals surface area contributed by atoms with E-state index in [9.17, 15) is 9.59 Å². The number of aliphatic imine (C=N–C) groups is 1. The van der Waals surface area contributed by atoms with Crippen LogP contribution in [0.5, 0.6) is 5.75 Å². The highest BCUT2D eigenvalue weighted by Crippen LogP contribution is 2.13. The van der Waals surface area contributed by atoms with Gasteiger partial charge in [0.05, 0.1) is 0 Å². The highest BCUT2D eigenvalue weighted by Gasteiger charge is 2.13. The Bertz CT molecular complexity index is 564. The van der Waals surface area contributed by atoms with Crippen molar-refractivity contribution in [3.8, 4) is 5.75 Å². The summed E-state index contributed by atoms with van der Waals surface area (Å²) >= 11 is 0. The summed E-state index contributed by atoms with van der Waals surface area (Å²) in [7, 11) is 1.83. The van der Waals surface area contributed by atoms with Crippen LogP contribution in [0.1, 0.15) is 25.3 Å². The smallest absolute Gasteiger partial charge is 0.328 e. The van der Waals surface area contributed by atoms with E-state index in [1.807, 2.05) is 7.05 Å². The molecular formula is C17H22N2O4. The van der Waals surface area contributed by atoms with Crippen LogP contribution in [0.25, 0.3) is 6.08 Å². The molecule has 0 aliphatic carbocycles. The lowest BCUT2D eigenvalue weighted by Crippen LogP contribution is -2.20. The van der Waals surface area contributed by atoms with Crippen molar-refractivity contribution in [2.24, 2.45) is 4.99 Å². The summed E-state index contributed by atoms with van der Waals surface area (Å²) in [5, 5.41) is 12.1. The molecule has 6 nitrogen and oxygen atoms in total. The predicted molar refractivity (Wildman–Crippen MR) is 89.9 cm³/mol. The standard InChI is InChI=1S/C17H22N2O4/c1-13(20)23-15-9-7-14(8-10-15)5-3-12-19-16(17(21)22)6-4-11-18-2/h3,5,7-10,12,16,18H,4,6,11H2,1-2H3,(H,21,22)/b5-3+,19-12?/t16-/m0/s1. The molecule has 0 fully saturated rings. The first-order chi connectivity index (χ1) is 11.0. The number of hydrogen-bond acceptors (Lipinski definition) is 5. The number of carbonyl (C=O) groups is 2. The zero-order chi connectivity index (χ0) is 17.1. The van der Waals surface area contributed by atoms with Crippen molar-refractivity contribution >= 4 is 24.2 Å². The summed E-state index contributed by atoms with van der Waals surface area (Å²) < 4.78 is 4.94. The van der Waals surface area contributed by atoms with E-state index < -0.39 is 12.0 Å². The van der Waals surface area contributed by atoms with E-state index >= 15 is 0 Å². The van der Waals surface area contributed by atoms with Crippen molar-refractivity contribution in [1.29, 1.82) is 0 Å². The molecule has 2 N–H and O–H groups in total. The Morgan fingerprint density at radius 1 is 1.35 bits per heavy atom. The minimum absolute atomic E-state index is 0.363. The Balaban J connectivity index is 2.55. The van der Waals surface area contributed by atoms with Gasteiger partial charge in [-0.15, -0.1) is 0 Å². The van der Waals surface area contributed by atoms with Gasteiger partial charge in [-0.3, -0.25) is 9.79 Å². The normalized spacial score (nSPS) is 12.6. The van der Waals surface area contributed by atoms with Gasteiger partial charge >= 0.3 is 11.9 Å². The number of allylic oxidation sites excluding steroid dienone is 1. The number of esters is 1. The topological polar surface area (TPSA) is 88.0 Å². The summed E-state index contributed by atoms with van der Waals surface area (Å²) in [6.07, 6.45) is 6.24. The fourth-order valence-corrected chi connectivity index (χ4v) is 1.85. The van der Waals surface area contributed by atoms with Gasteiger partial charge in [0.1, 0.15) is 11.8 Å². The molecule has 0 aliphatic rings. The molecule has 0 amide bonds. The van der Waals surface area contributed by atoms with Crippen molar-refractivity contribution in [2.75, 3.05) is 13.6 Å². The monoisotopic (exact) mass is 318 g/mol. The average molecular weight is 318 g/mol. The van der Waals surface area contributed by atoms with Crippen molar-refractivity contribution < 1.29 is 19.4 Å². The molecule has 23 heavy (non-hydrogen) atoms. The van der Waals surface area contributed by atoms with Crippen LogP contribution in [-0.2, 0) is 9.59 Å². The molecule has 1 rings (SSSR count). The van der Waals surface area contributed by atoms with Crippen LogP contribution < -0.4 is 10.1 Å². The Morgan fingerprint density at radius 3 is 2.61 bits per heavy atom. The number of carboxylic acids is 1. The SMILES string of the molecule is CNCCC[C@H](N=C/C=C/c1ccc(OC(C)=O)cc1)C(=O)O. The third kappa shape index (κ3) is 7.92. The summed E-state index contributed by atoms with van der Waals surface area (Å²) in [5.41, 5.74) is 0.898. The molecule has 0 unspecified atom stereocenters. The molecule has 0 saturated heterocycles. The van der Waals surface area contributed by atoms with Gasteiger partial charge < -0.3 is 15.2 Å². The average Bonchev–Trinajstić information content (AvgIpc) is 2.50.